The quantitative estimate of drug-likeness (QED) is 0.829. The highest BCUT2D eigenvalue weighted by atomic mass is 14.9. The van der Waals surface area contributed by atoms with Gasteiger partial charge in [0.15, 0.2) is 0 Å². The first-order valence-corrected chi connectivity index (χ1v) is 7.61. The molecular formula is C17H25N. The van der Waals surface area contributed by atoms with Gasteiger partial charge in [-0.2, -0.15) is 0 Å². The summed E-state index contributed by atoms with van der Waals surface area (Å²) in [5, 5.41) is 3.79. The zero-order valence-electron chi connectivity index (χ0n) is 11.7. The molecule has 0 saturated heterocycles. The maximum atomic E-state index is 3.79. The number of fused-ring (bicyclic) bond motifs is 1. The zero-order valence-corrected chi connectivity index (χ0v) is 11.7. The Balaban J connectivity index is 1.67. The molecule has 1 heteroatoms. The molecule has 0 atom stereocenters. The van der Waals surface area contributed by atoms with Crippen molar-refractivity contribution >= 4 is 5.69 Å². The van der Waals surface area contributed by atoms with Crippen LogP contribution in [0.3, 0.4) is 0 Å². The molecule has 3 rings (SSSR count). The van der Waals surface area contributed by atoms with E-state index in [1.165, 1.54) is 44.2 Å². The Bertz CT molecular complexity index is 416. The van der Waals surface area contributed by atoms with E-state index in [1.807, 2.05) is 0 Å². The smallest absolute Gasteiger partial charge is 0.0377 e. The minimum atomic E-state index is 0.728. The highest BCUT2D eigenvalue weighted by Crippen LogP contribution is 2.37. The van der Waals surface area contributed by atoms with Crippen molar-refractivity contribution in [1.82, 2.24) is 0 Å². The lowest BCUT2D eigenvalue weighted by molar-refractivity contribution is 0.211. The number of hydrogen-bond acceptors (Lipinski definition) is 1. The Morgan fingerprint density at radius 1 is 1.11 bits per heavy atom. The lowest BCUT2D eigenvalue weighted by atomic mass is 9.73. The largest absolute Gasteiger partial charge is 0.382 e. The number of hydrogen-bond donors (Lipinski definition) is 1. The van der Waals surface area contributed by atoms with E-state index in [1.54, 1.807) is 11.1 Å². The van der Waals surface area contributed by atoms with Crippen LogP contribution in [0.2, 0.25) is 0 Å². The van der Waals surface area contributed by atoms with Crippen molar-refractivity contribution in [3.05, 3.63) is 29.3 Å². The third kappa shape index (κ3) is 2.28. The van der Waals surface area contributed by atoms with Crippen molar-refractivity contribution < 1.29 is 0 Å². The minimum absolute atomic E-state index is 0.728. The van der Waals surface area contributed by atoms with Crippen molar-refractivity contribution in [1.29, 1.82) is 0 Å². The van der Waals surface area contributed by atoms with Crippen molar-refractivity contribution in [2.75, 3.05) is 5.32 Å². The van der Waals surface area contributed by atoms with E-state index in [9.17, 15) is 0 Å². The number of rotatable bonds is 3. The van der Waals surface area contributed by atoms with Gasteiger partial charge in [-0.15, -0.1) is 0 Å². The SMILES string of the molecule is CC(C)C1CC(Nc2cccc3c2CCCC3)C1. The Morgan fingerprint density at radius 3 is 2.67 bits per heavy atom. The summed E-state index contributed by atoms with van der Waals surface area (Å²) in [5.74, 6) is 1.80. The molecule has 2 aliphatic carbocycles. The normalized spacial score (nSPS) is 26.6. The van der Waals surface area contributed by atoms with Gasteiger partial charge in [-0.1, -0.05) is 26.0 Å². The topological polar surface area (TPSA) is 12.0 Å². The second-order valence-electron chi connectivity index (χ2n) is 6.47. The van der Waals surface area contributed by atoms with Crippen LogP contribution in [0.25, 0.3) is 0 Å². The fourth-order valence-corrected chi connectivity index (χ4v) is 3.46. The van der Waals surface area contributed by atoms with Crippen molar-refractivity contribution in [3.8, 4) is 0 Å². The summed E-state index contributed by atoms with van der Waals surface area (Å²) >= 11 is 0. The molecule has 0 amide bonds. The Morgan fingerprint density at radius 2 is 1.89 bits per heavy atom. The van der Waals surface area contributed by atoms with Gasteiger partial charge in [0.2, 0.25) is 0 Å². The number of aryl methyl sites for hydroxylation is 1. The first kappa shape index (κ1) is 12.1. The maximum absolute atomic E-state index is 3.79. The maximum Gasteiger partial charge on any atom is 0.0377 e. The lowest BCUT2D eigenvalue weighted by Crippen LogP contribution is -2.38. The van der Waals surface area contributed by atoms with Gasteiger partial charge < -0.3 is 5.32 Å². The molecule has 98 valence electrons. The van der Waals surface area contributed by atoms with Gasteiger partial charge in [0.25, 0.3) is 0 Å². The monoisotopic (exact) mass is 243 g/mol. The van der Waals surface area contributed by atoms with Gasteiger partial charge in [0, 0.05) is 11.7 Å². The van der Waals surface area contributed by atoms with Crippen molar-refractivity contribution in [3.63, 3.8) is 0 Å². The molecule has 0 unspecified atom stereocenters. The summed E-state index contributed by atoms with van der Waals surface area (Å²) in [5.41, 5.74) is 4.63. The van der Waals surface area contributed by atoms with Crippen LogP contribution in [0.1, 0.15) is 50.7 Å². The average Bonchev–Trinajstić information content (AvgIpc) is 2.33. The second-order valence-corrected chi connectivity index (χ2v) is 6.47. The van der Waals surface area contributed by atoms with Crippen LogP contribution in [0.15, 0.2) is 18.2 Å². The standard InChI is InChI=1S/C17H25N/c1-12(2)14-10-15(11-14)18-17-9-5-7-13-6-3-4-8-16(13)17/h5,7,9,12,14-15,18H,3-4,6,8,10-11H2,1-2H3. The van der Waals surface area contributed by atoms with E-state index in [2.05, 4.69) is 37.4 Å². The molecule has 1 saturated carbocycles. The van der Waals surface area contributed by atoms with E-state index in [-0.39, 0.29) is 0 Å². The van der Waals surface area contributed by atoms with E-state index in [0.29, 0.717) is 0 Å². The molecule has 1 N–H and O–H groups in total. The molecule has 1 aromatic rings. The van der Waals surface area contributed by atoms with Crippen LogP contribution >= 0.6 is 0 Å². The number of benzene rings is 1. The lowest BCUT2D eigenvalue weighted by Gasteiger charge is -2.39. The number of anilines is 1. The van der Waals surface area contributed by atoms with Gasteiger partial charge in [0.05, 0.1) is 0 Å². The van der Waals surface area contributed by atoms with Crippen LogP contribution in [0.5, 0.6) is 0 Å². The Kier molecular flexibility index (Phi) is 3.32. The molecule has 0 radical (unpaired) electrons. The summed E-state index contributed by atoms with van der Waals surface area (Å²) < 4.78 is 0. The van der Waals surface area contributed by atoms with E-state index in [4.69, 9.17) is 0 Å². The van der Waals surface area contributed by atoms with Crippen LogP contribution < -0.4 is 5.32 Å². The predicted octanol–water partition coefficient (Wildman–Crippen LogP) is 4.41. The van der Waals surface area contributed by atoms with Gasteiger partial charge >= 0.3 is 0 Å². The fraction of sp³-hybridized carbons (Fsp3) is 0.647. The first-order chi connectivity index (χ1) is 8.74. The van der Waals surface area contributed by atoms with Crippen molar-refractivity contribution in [2.45, 2.75) is 58.4 Å². The van der Waals surface area contributed by atoms with Crippen molar-refractivity contribution in [2.24, 2.45) is 11.8 Å². The van der Waals surface area contributed by atoms with Gasteiger partial charge in [-0.3, -0.25) is 0 Å². The molecule has 1 fully saturated rings. The van der Waals surface area contributed by atoms with E-state index < -0.39 is 0 Å². The zero-order chi connectivity index (χ0) is 12.5. The molecule has 0 aromatic heterocycles. The summed E-state index contributed by atoms with van der Waals surface area (Å²) in [6.45, 7) is 4.70. The summed E-state index contributed by atoms with van der Waals surface area (Å²) in [6.07, 6.45) is 8.02. The highest BCUT2D eigenvalue weighted by molar-refractivity contribution is 5.56. The average molecular weight is 243 g/mol. The molecule has 0 heterocycles. The van der Waals surface area contributed by atoms with Crippen LogP contribution in [0, 0.1) is 11.8 Å². The fourth-order valence-electron chi connectivity index (χ4n) is 3.46. The van der Waals surface area contributed by atoms with Gasteiger partial charge in [-0.25, -0.2) is 0 Å². The summed E-state index contributed by atoms with van der Waals surface area (Å²) in [7, 11) is 0. The van der Waals surface area contributed by atoms with Crippen LogP contribution in [-0.2, 0) is 12.8 Å². The van der Waals surface area contributed by atoms with Gasteiger partial charge in [-0.05, 0) is 67.6 Å². The van der Waals surface area contributed by atoms with Gasteiger partial charge in [0.1, 0.15) is 0 Å². The highest BCUT2D eigenvalue weighted by Gasteiger charge is 2.31. The molecule has 0 aliphatic heterocycles. The molecule has 1 aromatic carbocycles. The molecule has 2 aliphatic rings. The van der Waals surface area contributed by atoms with Crippen LogP contribution in [-0.4, -0.2) is 6.04 Å². The minimum Gasteiger partial charge on any atom is -0.382 e. The molecule has 0 spiro atoms. The summed E-state index contributed by atoms with van der Waals surface area (Å²) in [6, 6.07) is 7.56. The predicted molar refractivity (Wildman–Crippen MR) is 78.1 cm³/mol. The van der Waals surface area contributed by atoms with Crippen LogP contribution in [0.4, 0.5) is 5.69 Å². The first-order valence-electron chi connectivity index (χ1n) is 7.61. The molecular weight excluding hydrogens is 218 g/mol. The second kappa shape index (κ2) is 4.95. The Hall–Kier alpha value is -0.980. The third-order valence-electron chi connectivity index (χ3n) is 4.87. The molecule has 0 bridgehead atoms. The summed E-state index contributed by atoms with van der Waals surface area (Å²) in [4.78, 5) is 0. The third-order valence-corrected chi connectivity index (χ3v) is 4.87. The van der Waals surface area contributed by atoms with E-state index in [0.717, 1.165) is 17.9 Å². The van der Waals surface area contributed by atoms with E-state index >= 15 is 0 Å². The Labute approximate surface area is 111 Å². The number of nitrogens with one attached hydrogen (secondary N) is 1. The molecule has 1 nitrogen and oxygen atoms in total. The molecule has 18 heavy (non-hydrogen) atoms.